The fourth-order valence-electron chi connectivity index (χ4n) is 6.62. The molecule has 5 atom stereocenters. The SMILES string of the molecule is CCCCc1ccc(-c2ccc(C(=O)N[C@H](CCCCCNC(=O)OC(C)(C)C)C(=O)N[C@H](C(=O)N[C@@H](N)C(=O)N[C@@H](CCCCNC(=O)OC(C)(C)C)C(=O)O)C(C)OCC(C)C)cc2)cc1. The first-order chi connectivity index (χ1) is 31.9. The largest absolute Gasteiger partial charge is 0.480 e. The van der Waals surface area contributed by atoms with Gasteiger partial charge in [-0.1, -0.05) is 76.4 Å². The predicted molar refractivity (Wildman–Crippen MR) is 260 cm³/mol. The third kappa shape index (κ3) is 23.8. The van der Waals surface area contributed by atoms with Gasteiger partial charge < -0.3 is 57.0 Å². The fourth-order valence-corrected chi connectivity index (χ4v) is 6.62. The summed E-state index contributed by atoms with van der Waals surface area (Å²) in [6.07, 6.45) is 1.86. The van der Waals surface area contributed by atoms with Crippen LogP contribution >= 0.6 is 0 Å². The minimum atomic E-state index is -1.72. The Bertz CT molecular complexity index is 1910. The number of carbonyl (C=O) groups excluding carboxylic acids is 6. The van der Waals surface area contributed by atoms with Crippen molar-refractivity contribution in [3.63, 3.8) is 0 Å². The molecule has 0 heterocycles. The molecular weight excluding hydrogens is 875 g/mol. The lowest BCUT2D eigenvalue weighted by atomic mass is 10.0. The first kappa shape index (κ1) is 58.4. The molecule has 0 spiro atoms. The second-order valence-corrected chi connectivity index (χ2v) is 19.4. The van der Waals surface area contributed by atoms with Crippen LogP contribution in [-0.2, 0) is 39.8 Å². The zero-order valence-electron chi connectivity index (χ0n) is 41.9. The summed E-state index contributed by atoms with van der Waals surface area (Å²) < 4.78 is 16.4. The first-order valence-corrected chi connectivity index (χ1v) is 23.8. The zero-order valence-corrected chi connectivity index (χ0v) is 41.9. The van der Waals surface area contributed by atoms with E-state index in [9.17, 15) is 38.7 Å². The summed E-state index contributed by atoms with van der Waals surface area (Å²) in [7, 11) is 0. The number of amides is 6. The Morgan fingerprint density at radius 2 is 1.13 bits per heavy atom. The molecule has 0 radical (unpaired) electrons. The molecule has 0 fully saturated rings. The third-order valence-corrected chi connectivity index (χ3v) is 10.2. The van der Waals surface area contributed by atoms with Crippen LogP contribution in [0.3, 0.4) is 0 Å². The van der Waals surface area contributed by atoms with Crippen molar-refractivity contribution in [1.82, 2.24) is 31.9 Å². The standard InChI is InChI=1S/C50H79N7O11/c1-11-12-18-34-21-23-35(24-22-34)36-25-27-37(28-26-36)42(58)54-38(19-14-13-16-29-52-47(64)67-49(5,6)7)43(59)56-40(33(4)66-31-32(2)3)44(60)57-41(51)45(61)55-39(46(62)63)20-15-17-30-53-48(65)68-50(8,9)10/h21-28,32-33,38-41H,11-20,29-31,51H2,1-10H3,(H,52,64)(H,53,65)(H,54,58)(H,55,61)(H,56,59)(H,57,60)(H,62,63)/t33?,38-,39+,40+,41-/m1/s1. The molecule has 2 aromatic carbocycles. The molecule has 0 aliphatic heterocycles. The molecule has 0 aromatic heterocycles. The number of nitrogens with two attached hydrogens (primary N) is 1. The average Bonchev–Trinajstić information content (AvgIpc) is 3.25. The summed E-state index contributed by atoms with van der Waals surface area (Å²) in [5.74, 6) is -4.36. The van der Waals surface area contributed by atoms with Crippen LogP contribution in [0.15, 0.2) is 48.5 Å². The number of alkyl carbamates (subject to hydrolysis) is 2. The van der Waals surface area contributed by atoms with E-state index in [1.54, 1.807) is 60.6 Å². The van der Waals surface area contributed by atoms with E-state index in [1.807, 2.05) is 38.1 Å². The quantitative estimate of drug-likeness (QED) is 0.0356. The van der Waals surface area contributed by atoms with E-state index in [0.29, 0.717) is 44.2 Å². The number of carboxylic acids is 1. The number of rotatable bonds is 28. The number of ether oxygens (including phenoxy) is 3. The molecule has 0 saturated heterocycles. The number of hydrogen-bond donors (Lipinski definition) is 8. The molecular formula is C50H79N7O11. The van der Waals surface area contributed by atoms with Crippen LogP contribution in [0.1, 0.15) is 143 Å². The lowest BCUT2D eigenvalue weighted by Gasteiger charge is -2.28. The van der Waals surface area contributed by atoms with E-state index in [1.165, 1.54) is 5.56 Å². The molecule has 2 aromatic rings. The Hall–Kier alpha value is -5.75. The van der Waals surface area contributed by atoms with Gasteiger partial charge in [-0.3, -0.25) is 19.2 Å². The van der Waals surface area contributed by atoms with Crippen LogP contribution < -0.4 is 37.6 Å². The molecule has 0 aliphatic rings. The maximum Gasteiger partial charge on any atom is 0.407 e. The fraction of sp³-hybridized carbons (Fsp3) is 0.620. The first-order valence-electron chi connectivity index (χ1n) is 23.8. The molecule has 1 unspecified atom stereocenters. The predicted octanol–water partition coefficient (Wildman–Crippen LogP) is 6.09. The van der Waals surface area contributed by atoms with E-state index in [-0.39, 0.29) is 31.9 Å². The highest BCUT2D eigenvalue weighted by atomic mass is 16.6. The van der Waals surface area contributed by atoms with Gasteiger partial charge in [0.05, 0.1) is 6.10 Å². The van der Waals surface area contributed by atoms with Crippen molar-refractivity contribution in [3.05, 3.63) is 59.7 Å². The van der Waals surface area contributed by atoms with Gasteiger partial charge >= 0.3 is 18.2 Å². The second kappa shape index (κ2) is 29.2. The van der Waals surface area contributed by atoms with Crippen molar-refractivity contribution in [2.75, 3.05) is 19.7 Å². The van der Waals surface area contributed by atoms with Crippen LogP contribution in [0.5, 0.6) is 0 Å². The Labute approximate surface area is 402 Å². The summed E-state index contributed by atoms with van der Waals surface area (Å²) in [4.78, 5) is 91.1. The van der Waals surface area contributed by atoms with Crippen LogP contribution in [0, 0.1) is 5.92 Å². The summed E-state index contributed by atoms with van der Waals surface area (Å²) >= 11 is 0. The van der Waals surface area contributed by atoms with Gasteiger partial charge in [-0.2, -0.15) is 0 Å². The van der Waals surface area contributed by atoms with Crippen molar-refractivity contribution >= 4 is 41.8 Å². The van der Waals surface area contributed by atoms with Crippen molar-refractivity contribution < 1.29 is 52.9 Å². The van der Waals surface area contributed by atoms with E-state index in [2.05, 4.69) is 51.0 Å². The molecule has 18 nitrogen and oxygen atoms in total. The summed E-state index contributed by atoms with van der Waals surface area (Å²) in [5.41, 5.74) is 8.23. The van der Waals surface area contributed by atoms with Crippen molar-refractivity contribution in [1.29, 1.82) is 0 Å². The van der Waals surface area contributed by atoms with Crippen molar-refractivity contribution in [3.8, 4) is 11.1 Å². The molecule has 0 bridgehead atoms. The highest BCUT2D eigenvalue weighted by molar-refractivity contribution is 5.99. The normalized spacial score (nSPS) is 13.8. The third-order valence-electron chi connectivity index (χ3n) is 10.2. The zero-order chi connectivity index (χ0) is 51.0. The van der Waals surface area contributed by atoms with Crippen LogP contribution in [0.2, 0.25) is 0 Å². The van der Waals surface area contributed by atoms with Crippen LogP contribution in [0.25, 0.3) is 11.1 Å². The highest BCUT2D eigenvalue weighted by Gasteiger charge is 2.34. The highest BCUT2D eigenvalue weighted by Crippen LogP contribution is 2.22. The van der Waals surface area contributed by atoms with Gasteiger partial charge in [-0.15, -0.1) is 0 Å². The van der Waals surface area contributed by atoms with Crippen LogP contribution in [0.4, 0.5) is 9.59 Å². The molecule has 68 heavy (non-hydrogen) atoms. The number of carbonyl (C=O) groups is 7. The number of aliphatic carboxylic acids is 1. The number of unbranched alkanes of at least 4 members (excludes halogenated alkanes) is 4. The summed E-state index contributed by atoms with van der Waals surface area (Å²) in [6.45, 7) is 18.8. The average molecular weight is 954 g/mol. The Kier molecular flexibility index (Phi) is 25.1. The van der Waals surface area contributed by atoms with Gasteiger partial charge in [0.1, 0.15) is 29.3 Å². The van der Waals surface area contributed by atoms with E-state index in [0.717, 1.165) is 30.4 Å². The Morgan fingerprint density at radius 1 is 0.618 bits per heavy atom. The number of aryl methyl sites for hydroxylation is 1. The number of hydrogen-bond acceptors (Lipinski definition) is 11. The van der Waals surface area contributed by atoms with Gasteiger partial charge in [-0.05, 0) is 128 Å². The number of benzene rings is 2. The van der Waals surface area contributed by atoms with Gasteiger partial charge in [-0.25, -0.2) is 14.4 Å². The maximum atomic E-state index is 14.2. The Balaban J connectivity index is 2.22. The summed E-state index contributed by atoms with van der Waals surface area (Å²) in [5, 5.41) is 25.4. The van der Waals surface area contributed by atoms with Crippen molar-refractivity contribution in [2.45, 2.75) is 175 Å². The molecule has 2 rings (SSSR count). The number of nitrogens with one attached hydrogen (secondary N) is 6. The molecule has 0 saturated carbocycles. The van der Waals surface area contributed by atoms with Gasteiger partial charge in [0.2, 0.25) is 11.8 Å². The molecule has 6 amide bonds. The summed E-state index contributed by atoms with van der Waals surface area (Å²) in [6, 6.07) is 11.4. The minimum Gasteiger partial charge on any atom is -0.480 e. The Morgan fingerprint density at radius 3 is 1.65 bits per heavy atom. The molecule has 380 valence electrons. The van der Waals surface area contributed by atoms with E-state index >= 15 is 0 Å². The number of carboxylic acid groups (broad SMARTS) is 1. The lowest BCUT2D eigenvalue weighted by Crippen LogP contribution is -2.62. The van der Waals surface area contributed by atoms with Gasteiger partial charge in [0.15, 0.2) is 6.17 Å². The lowest BCUT2D eigenvalue weighted by molar-refractivity contribution is -0.142. The topological polar surface area (TPSA) is 266 Å². The monoisotopic (exact) mass is 954 g/mol. The second-order valence-electron chi connectivity index (χ2n) is 19.4. The smallest absolute Gasteiger partial charge is 0.407 e. The minimum absolute atomic E-state index is 0.000977. The van der Waals surface area contributed by atoms with Crippen LogP contribution in [-0.4, -0.2) is 108 Å². The van der Waals surface area contributed by atoms with Gasteiger partial charge in [0, 0.05) is 25.3 Å². The van der Waals surface area contributed by atoms with E-state index in [4.69, 9.17) is 19.9 Å². The van der Waals surface area contributed by atoms with Gasteiger partial charge in [0.25, 0.3) is 11.8 Å². The molecule has 18 heteroatoms. The molecule has 0 aliphatic carbocycles. The molecule has 9 N–H and O–H groups in total. The van der Waals surface area contributed by atoms with E-state index < -0.39 is 83.4 Å². The van der Waals surface area contributed by atoms with Crippen molar-refractivity contribution in [2.24, 2.45) is 11.7 Å². The maximum absolute atomic E-state index is 14.2.